The lowest BCUT2D eigenvalue weighted by Gasteiger charge is -2.25. The topological polar surface area (TPSA) is 167 Å². The second-order valence-corrected chi connectivity index (χ2v) is 13.3. The summed E-state index contributed by atoms with van der Waals surface area (Å²) in [6, 6.07) is 10.9. The Balaban J connectivity index is 1.77. The van der Waals surface area contributed by atoms with E-state index in [0.29, 0.717) is 5.56 Å². The molecule has 0 aliphatic heterocycles. The van der Waals surface area contributed by atoms with E-state index in [2.05, 4.69) is 20.0 Å². The van der Waals surface area contributed by atoms with Crippen LogP contribution in [0.1, 0.15) is 45.9 Å². The van der Waals surface area contributed by atoms with Crippen molar-refractivity contribution in [2.24, 2.45) is 11.2 Å². The van der Waals surface area contributed by atoms with Gasteiger partial charge in [-0.15, -0.1) is 5.01 Å². The molecule has 256 valence electrons. The summed E-state index contributed by atoms with van der Waals surface area (Å²) in [5.41, 5.74) is -0.371. The van der Waals surface area contributed by atoms with Gasteiger partial charge in [-0.05, 0) is 63.9 Å². The quantitative estimate of drug-likeness (QED) is 0.0695. The third-order valence-corrected chi connectivity index (χ3v) is 7.66. The number of hydrazine groups is 1. The highest BCUT2D eigenvalue weighted by Gasteiger charge is 2.36. The van der Waals surface area contributed by atoms with Crippen LogP contribution in [-0.4, -0.2) is 65.7 Å². The van der Waals surface area contributed by atoms with Crippen molar-refractivity contribution in [3.8, 4) is 16.9 Å². The van der Waals surface area contributed by atoms with E-state index >= 15 is 0 Å². The zero-order valence-electron chi connectivity index (χ0n) is 26.6. The summed E-state index contributed by atoms with van der Waals surface area (Å²) in [5.74, 6) is -1.71. The molecule has 18 heteroatoms. The van der Waals surface area contributed by atoms with Gasteiger partial charge in [-0.2, -0.15) is 18.3 Å². The highest BCUT2D eigenvalue weighted by molar-refractivity contribution is 7.90. The molecule has 14 nitrogen and oxygen atoms in total. The number of halogens is 3. The lowest BCUT2D eigenvalue weighted by molar-refractivity contribution is -0.712. The number of likely N-dealkylation sites (N-methyl/N-ethyl adjacent to an activating group) is 1. The molecule has 1 heterocycles. The molecule has 1 amide bonds. The van der Waals surface area contributed by atoms with Crippen LogP contribution in [0.5, 0.6) is 0 Å². The van der Waals surface area contributed by atoms with Crippen LogP contribution in [0.3, 0.4) is 0 Å². The van der Waals surface area contributed by atoms with Crippen LogP contribution in [0.2, 0.25) is 0 Å². The normalized spacial score (nSPS) is 13.2. The first-order valence-corrected chi connectivity index (χ1v) is 15.5. The number of benzene rings is 2. The number of aryl methyl sites for hydroxylation is 1. The number of rotatable bonds is 11. The molecule has 47 heavy (non-hydrogen) atoms. The number of sulfonamides is 1. The molecule has 1 aromatic heterocycles. The van der Waals surface area contributed by atoms with Crippen LogP contribution < -0.4 is 4.72 Å². The number of carbonyl (C=O) groups excluding carboxylic acids is 2. The number of nitrogens with one attached hydrogen (secondary N) is 1. The summed E-state index contributed by atoms with van der Waals surface area (Å²) in [6.07, 6.45) is -5.80. The molecular weight excluding hydrogens is 649 g/mol. The Morgan fingerprint density at radius 3 is 2.21 bits per heavy atom. The number of hydrogen-bond acceptors (Lipinski definition) is 10. The number of carbonyl (C=O) groups is 2. The van der Waals surface area contributed by atoms with Gasteiger partial charge in [-0.1, -0.05) is 43.7 Å². The predicted molar refractivity (Wildman–Crippen MR) is 160 cm³/mol. The number of ether oxygens (including phenoxy) is 2. The first kappa shape index (κ1) is 36.6. The molecule has 0 spiro atoms. The highest BCUT2D eigenvalue weighted by Crippen LogP contribution is 2.33. The summed E-state index contributed by atoms with van der Waals surface area (Å²) in [4.78, 5) is 28.8. The summed E-state index contributed by atoms with van der Waals surface area (Å²) in [7, 11) is -3.36. The first-order valence-electron chi connectivity index (χ1n) is 14.0. The summed E-state index contributed by atoms with van der Waals surface area (Å²) in [6.45, 7) is 8.97. The van der Waals surface area contributed by atoms with E-state index in [4.69, 9.17) is 4.74 Å². The summed E-state index contributed by atoms with van der Waals surface area (Å²) < 4.78 is 79.4. The van der Waals surface area contributed by atoms with Crippen molar-refractivity contribution < 1.29 is 50.5 Å². The second-order valence-electron chi connectivity index (χ2n) is 11.6. The van der Waals surface area contributed by atoms with Gasteiger partial charge in [0.25, 0.3) is 22.7 Å². The standard InChI is InChI=1S/C29H35F3N6O8S/c1-18(2)25(36(7)38(41)35-45-17-44-27(40)46-28(4,5)6)26(39)34-47(42,43)22-14-12-21(13-15-22)37-23(16-24(33-37)29(30,31)32)20-10-8-19(3)9-11-20/h8-16,18,25H,17H2,1-7H3,(H,34,39)/t25-/m0/s1. The number of alkyl halides is 3. The van der Waals surface area contributed by atoms with Crippen LogP contribution in [-0.2, 0) is 35.3 Å². The molecule has 0 saturated heterocycles. The number of hydrogen-bond donors (Lipinski definition) is 1. The van der Waals surface area contributed by atoms with E-state index in [1.54, 1.807) is 58.9 Å². The molecule has 3 rings (SSSR count). The fourth-order valence-corrected chi connectivity index (χ4v) is 5.16. The molecule has 1 N–H and O–H groups in total. The molecule has 3 aromatic rings. The second kappa shape index (κ2) is 14.3. The minimum Gasteiger partial charge on any atom is -0.569 e. The zero-order valence-corrected chi connectivity index (χ0v) is 27.4. The van der Waals surface area contributed by atoms with Gasteiger partial charge >= 0.3 is 12.3 Å². The molecule has 0 aliphatic rings. The largest absolute Gasteiger partial charge is 0.569 e. The van der Waals surface area contributed by atoms with Crippen LogP contribution in [0.15, 0.2) is 64.8 Å². The first-order chi connectivity index (χ1) is 21.7. The van der Waals surface area contributed by atoms with Crippen LogP contribution in [0, 0.1) is 18.0 Å². The van der Waals surface area contributed by atoms with Gasteiger partial charge < -0.3 is 19.5 Å². The summed E-state index contributed by atoms with van der Waals surface area (Å²) >= 11 is 0. The van der Waals surface area contributed by atoms with Crippen molar-refractivity contribution >= 4 is 22.1 Å². The fraction of sp³-hybridized carbons (Fsp3) is 0.414. The van der Waals surface area contributed by atoms with E-state index in [0.717, 1.165) is 40.5 Å². The van der Waals surface area contributed by atoms with Gasteiger partial charge in [0.15, 0.2) is 11.7 Å². The Labute approximate surface area is 269 Å². The maximum atomic E-state index is 13.5. The molecule has 0 fully saturated rings. The predicted octanol–water partition coefficient (Wildman–Crippen LogP) is 5.35. The van der Waals surface area contributed by atoms with Crippen LogP contribution >= 0.6 is 0 Å². The van der Waals surface area contributed by atoms with Gasteiger partial charge in [0.2, 0.25) is 5.28 Å². The maximum Gasteiger partial charge on any atom is 0.511 e. The lowest BCUT2D eigenvalue weighted by Crippen LogP contribution is -2.51. The third kappa shape index (κ3) is 9.81. The SMILES string of the molecule is Cc1ccc(-c2cc(C(F)(F)F)nn2-c2ccc(S(=O)(=O)NC(=O)[C@H](C(C)C)N(C)[N+]([O-])=NOCOC(=O)OC(C)(C)C)cc2)cc1. The third-order valence-electron chi connectivity index (χ3n) is 6.29. The van der Waals surface area contributed by atoms with E-state index in [9.17, 15) is 36.4 Å². The van der Waals surface area contributed by atoms with Gasteiger partial charge in [0.1, 0.15) is 5.60 Å². The smallest absolute Gasteiger partial charge is 0.511 e. The Morgan fingerprint density at radius 2 is 1.68 bits per heavy atom. The van der Waals surface area contributed by atoms with Crippen molar-refractivity contribution in [1.29, 1.82) is 0 Å². The summed E-state index contributed by atoms with van der Waals surface area (Å²) in [5, 5.41) is 20.1. The average molecular weight is 685 g/mol. The van der Waals surface area contributed by atoms with Crippen molar-refractivity contribution in [2.45, 2.75) is 64.3 Å². The number of aromatic nitrogens is 2. The maximum absolute atomic E-state index is 13.5. The molecule has 0 aliphatic carbocycles. The Morgan fingerprint density at radius 1 is 1.09 bits per heavy atom. The van der Waals surface area contributed by atoms with Crippen LogP contribution in [0.25, 0.3) is 16.9 Å². The average Bonchev–Trinajstić information content (AvgIpc) is 3.41. The molecule has 2 aromatic carbocycles. The number of amides is 1. The molecular formula is C29H35F3N6O8S. The van der Waals surface area contributed by atoms with Crippen molar-refractivity contribution in [1.82, 2.24) is 19.5 Å². The van der Waals surface area contributed by atoms with Gasteiger partial charge in [0, 0.05) is 5.56 Å². The molecule has 1 atom stereocenters. The van der Waals surface area contributed by atoms with E-state index in [1.807, 2.05) is 11.6 Å². The number of nitrogens with zero attached hydrogens (tertiary/aromatic N) is 5. The van der Waals surface area contributed by atoms with E-state index < -0.39 is 58.3 Å². The zero-order chi connectivity index (χ0) is 35.3. The minimum atomic E-state index is -4.73. The Bertz CT molecular complexity index is 1700. The molecule has 0 bridgehead atoms. The molecule has 0 radical (unpaired) electrons. The van der Waals surface area contributed by atoms with Crippen molar-refractivity contribution in [2.75, 3.05) is 13.8 Å². The van der Waals surface area contributed by atoms with E-state index in [1.165, 1.54) is 12.1 Å². The van der Waals surface area contributed by atoms with Crippen molar-refractivity contribution in [3.63, 3.8) is 0 Å². The minimum absolute atomic E-state index is 0.122. The molecule has 0 saturated carbocycles. The Hall–Kier alpha value is -4.87. The fourth-order valence-electron chi connectivity index (χ4n) is 4.16. The Kier molecular flexibility index (Phi) is 11.1. The molecule has 0 unspecified atom stereocenters. The van der Waals surface area contributed by atoms with Gasteiger partial charge in [-0.25, -0.2) is 22.6 Å². The van der Waals surface area contributed by atoms with Gasteiger partial charge in [-0.3, -0.25) is 4.79 Å². The monoisotopic (exact) mass is 684 g/mol. The lowest BCUT2D eigenvalue weighted by atomic mass is 10.0. The van der Waals surface area contributed by atoms with Crippen LogP contribution in [0.4, 0.5) is 18.0 Å². The van der Waals surface area contributed by atoms with Crippen molar-refractivity contribution in [3.05, 3.63) is 71.1 Å². The van der Waals surface area contributed by atoms with E-state index in [-0.39, 0.29) is 21.2 Å². The highest BCUT2D eigenvalue weighted by atomic mass is 32.2. The van der Waals surface area contributed by atoms with Gasteiger partial charge in [0.05, 0.1) is 28.3 Å².